The van der Waals surface area contributed by atoms with Gasteiger partial charge in [-0.15, -0.1) is 0 Å². The molecule has 0 unspecified atom stereocenters. The number of benzene rings is 1. The van der Waals surface area contributed by atoms with Crippen LogP contribution in [0.15, 0.2) is 23.1 Å². The number of methoxy groups -OCH3 is 1. The minimum Gasteiger partial charge on any atom is -0.495 e. The Balaban J connectivity index is 2.16. The second kappa shape index (κ2) is 6.11. The molecule has 0 atom stereocenters. The van der Waals surface area contributed by atoms with Crippen LogP contribution in [0.5, 0.6) is 5.75 Å². The van der Waals surface area contributed by atoms with Crippen LogP contribution >= 0.6 is 11.6 Å². The molecule has 4 nitrogen and oxygen atoms in total. The van der Waals surface area contributed by atoms with E-state index >= 15 is 0 Å². The van der Waals surface area contributed by atoms with E-state index in [4.69, 9.17) is 16.3 Å². The molecule has 0 radical (unpaired) electrons. The Labute approximate surface area is 119 Å². The molecule has 0 heterocycles. The van der Waals surface area contributed by atoms with Gasteiger partial charge in [0.05, 0.1) is 17.0 Å². The first-order valence-corrected chi connectivity index (χ1v) is 8.25. The van der Waals surface area contributed by atoms with Crippen LogP contribution in [-0.2, 0) is 10.0 Å². The molecule has 1 aliphatic carbocycles. The molecule has 2 rings (SSSR count). The van der Waals surface area contributed by atoms with Crippen molar-refractivity contribution in [2.75, 3.05) is 7.11 Å². The van der Waals surface area contributed by atoms with E-state index in [1.54, 1.807) is 6.07 Å². The molecule has 0 saturated heterocycles. The van der Waals surface area contributed by atoms with E-state index in [9.17, 15) is 8.42 Å². The van der Waals surface area contributed by atoms with Gasteiger partial charge in [0.15, 0.2) is 0 Å². The van der Waals surface area contributed by atoms with E-state index in [-0.39, 0.29) is 10.9 Å². The van der Waals surface area contributed by atoms with Gasteiger partial charge in [0.25, 0.3) is 0 Å². The number of halogens is 1. The lowest BCUT2D eigenvalue weighted by Gasteiger charge is -2.22. The van der Waals surface area contributed by atoms with Crippen molar-refractivity contribution in [3.63, 3.8) is 0 Å². The zero-order valence-electron chi connectivity index (χ0n) is 10.9. The van der Waals surface area contributed by atoms with E-state index < -0.39 is 10.0 Å². The van der Waals surface area contributed by atoms with Crippen LogP contribution in [0.2, 0.25) is 5.02 Å². The Morgan fingerprint density at radius 2 is 1.95 bits per heavy atom. The lowest BCUT2D eigenvalue weighted by Crippen LogP contribution is -2.36. The molecule has 0 aromatic heterocycles. The van der Waals surface area contributed by atoms with Crippen molar-refractivity contribution in [2.45, 2.75) is 43.0 Å². The van der Waals surface area contributed by atoms with Gasteiger partial charge in [-0.1, -0.05) is 30.9 Å². The summed E-state index contributed by atoms with van der Waals surface area (Å²) in [6.07, 6.45) is 5.16. The normalized spacial score (nSPS) is 17.4. The Bertz CT molecular complexity index is 539. The Morgan fingerprint density at radius 1 is 1.26 bits per heavy atom. The van der Waals surface area contributed by atoms with Crippen LogP contribution in [0.3, 0.4) is 0 Å². The molecule has 0 bridgehead atoms. The zero-order valence-corrected chi connectivity index (χ0v) is 12.4. The van der Waals surface area contributed by atoms with Gasteiger partial charge in [0.2, 0.25) is 10.0 Å². The Morgan fingerprint density at radius 3 is 2.53 bits per heavy atom. The standard InChI is InChI=1S/C13H18ClNO3S/c1-18-13-8-7-11(9-12(13)14)19(16,17)15-10-5-3-2-4-6-10/h7-10,15H,2-6H2,1H3. The van der Waals surface area contributed by atoms with Crippen LogP contribution in [0.25, 0.3) is 0 Å². The molecular formula is C13H18ClNO3S. The third-order valence-electron chi connectivity index (χ3n) is 3.36. The quantitative estimate of drug-likeness (QED) is 0.930. The van der Waals surface area contributed by atoms with Crippen LogP contribution in [0.1, 0.15) is 32.1 Å². The number of hydrogen-bond acceptors (Lipinski definition) is 3. The molecule has 1 N–H and O–H groups in total. The molecule has 19 heavy (non-hydrogen) atoms. The summed E-state index contributed by atoms with van der Waals surface area (Å²) in [6, 6.07) is 4.54. The lowest BCUT2D eigenvalue weighted by atomic mass is 9.96. The van der Waals surface area contributed by atoms with E-state index in [0.717, 1.165) is 25.7 Å². The van der Waals surface area contributed by atoms with Crippen LogP contribution in [0.4, 0.5) is 0 Å². The SMILES string of the molecule is COc1ccc(S(=O)(=O)NC2CCCCC2)cc1Cl. The number of hydrogen-bond donors (Lipinski definition) is 1. The van der Waals surface area contributed by atoms with E-state index in [1.165, 1.54) is 25.7 Å². The molecular weight excluding hydrogens is 286 g/mol. The molecule has 6 heteroatoms. The van der Waals surface area contributed by atoms with Gasteiger partial charge in [-0.2, -0.15) is 0 Å². The minimum absolute atomic E-state index is 0.0413. The van der Waals surface area contributed by atoms with E-state index in [0.29, 0.717) is 10.8 Å². The Hall–Kier alpha value is -0.780. The summed E-state index contributed by atoms with van der Waals surface area (Å²) in [5.41, 5.74) is 0. The van der Waals surface area contributed by atoms with E-state index in [1.807, 2.05) is 0 Å². The van der Waals surface area contributed by atoms with Gasteiger partial charge in [-0.3, -0.25) is 0 Å². The fourth-order valence-corrected chi connectivity index (χ4v) is 3.98. The van der Waals surface area contributed by atoms with Crippen molar-refractivity contribution < 1.29 is 13.2 Å². The molecule has 0 aliphatic heterocycles. The monoisotopic (exact) mass is 303 g/mol. The first kappa shape index (κ1) is 14.6. The summed E-state index contributed by atoms with van der Waals surface area (Å²) in [5, 5.41) is 0.300. The van der Waals surface area contributed by atoms with Gasteiger partial charge in [-0.05, 0) is 31.0 Å². The summed E-state index contributed by atoms with van der Waals surface area (Å²) in [5.74, 6) is 0.471. The second-order valence-electron chi connectivity index (χ2n) is 4.75. The average molecular weight is 304 g/mol. The highest BCUT2D eigenvalue weighted by Gasteiger charge is 2.22. The van der Waals surface area contributed by atoms with Crippen molar-refractivity contribution in [3.05, 3.63) is 23.2 Å². The number of nitrogens with one attached hydrogen (secondary N) is 1. The zero-order chi connectivity index (χ0) is 13.9. The minimum atomic E-state index is -3.50. The van der Waals surface area contributed by atoms with Crippen LogP contribution < -0.4 is 9.46 Å². The summed E-state index contributed by atoms with van der Waals surface area (Å²) in [7, 11) is -2.00. The second-order valence-corrected chi connectivity index (χ2v) is 6.87. The third-order valence-corrected chi connectivity index (χ3v) is 5.17. The molecule has 0 amide bonds. The summed E-state index contributed by atoms with van der Waals surface area (Å²) >= 11 is 5.96. The van der Waals surface area contributed by atoms with E-state index in [2.05, 4.69) is 4.72 Å². The maximum Gasteiger partial charge on any atom is 0.240 e. The highest BCUT2D eigenvalue weighted by Crippen LogP contribution is 2.27. The largest absolute Gasteiger partial charge is 0.495 e. The predicted molar refractivity (Wildman–Crippen MR) is 75.2 cm³/mol. The molecule has 106 valence electrons. The maximum atomic E-state index is 12.2. The highest BCUT2D eigenvalue weighted by molar-refractivity contribution is 7.89. The third kappa shape index (κ3) is 3.61. The van der Waals surface area contributed by atoms with Crippen molar-refractivity contribution >= 4 is 21.6 Å². The molecule has 1 saturated carbocycles. The smallest absolute Gasteiger partial charge is 0.240 e. The fourth-order valence-electron chi connectivity index (χ4n) is 2.32. The molecule has 1 fully saturated rings. The van der Waals surface area contributed by atoms with Gasteiger partial charge >= 0.3 is 0 Å². The number of rotatable bonds is 4. The number of ether oxygens (including phenoxy) is 1. The summed E-state index contributed by atoms with van der Waals surface area (Å²) in [6.45, 7) is 0. The first-order valence-electron chi connectivity index (χ1n) is 6.39. The van der Waals surface area contributed by atoms with Gasteiger partial charge in [0, 0.05) is 6.04 Å². The Kier molecular flexibility index (Phi) is 4.71. The fraction of sp³-hybridized carbons (Fsp3) is 0.538. The van der Waals surface area contributed by atoms with Crippen LogP contribution in [0, 0.1) is 0 Å². The molecule has 1 aromatic carbocycles. The summed E-state index contributed by atoms with van der Waals surface area (Å²) < 4.78 is 32.2. The lowest BCUT2D eigenvalue weighted by molar-refractivity contribution is 0.411. The first-order chi connectivity index (χ1) is 9.03. The molecule has 0 spiro atoms. The van der Waals surface area contributed by atoms with Crippen LogP contribution in [-0.4, -0.2) is 21.6 Å². The van der Waals surface area contributed by atoms with Gasteiger partial charge in [0.1, 0.15) is 5.75 Å². The van der Waals surface area contributed by atoms with Crippen molar-refractivity contribution in [3.8, 4) is 5.75 Å². The van der Waals surface area contributed by atoms with Gasteiger partial charge in [-0.25, -0.2) is 13.1 Å². The maximum absolute atomic E-state index is 12.2. The van der Waals surface area contributed by atoms with Crippen molar-refractivity contribution in [2.24, 2.45) is 0 Å². The average Bonchev–Trinajstić information content (AvgIpc) is 2.39. The highest BCUT2D eigenvalue weighted by atomic mass is 35.5. The summed E-state index contributed by atoms with van der Waals surface area (Å²) in [4.78, 5) is 0.184. The van der Waals surface area contributed by atoms with Crippen molar-refractivity contribution in [1.82, 2.24) is 4.72 Å². The van der Waals surface area contributed by atoms with Crippen molar-refractivity contribution in [1.29, 1.82) is 0 Å². The number of sulfonamides is 1. The predicted octanol–water partition coefficient (Wildman–Crippen LogP) is 2.96. The molecule has 1 aliphatic rings. The molecule has 1 aromatic rings. The van der Waals surface area contributed by atoms with Gasteiger partial charge < -0.3 is 4.74 Å². The topological polar surface area (TPSA) is 55.4 Å².